The minimum atomic E-state index is -0.833. The first kappa shape index (κ1) is 32.2. The van der Waals surface area contributed by atoms with Gasteiger partial charge in [0.25, 0.3) is 5.97 Å². The highest BCUT2D eigenvalue weighted by atomic mass is 35.5. The quantitative estimate of drug-likeness (QED) is 0.166. The first-order chi connectivity index (χ1) is 18.5. The zero-order valence-corrected chi connectivity index (χ0v) is 24.4. The topological polar surface area (TPSA) is 77.8 Å². The van der Waals surface area contributed by atoms with Gasteiger partial charge in [0.2, 0.25) is 0 Å². The number of aryl methyl sites for hydroxylation is 1. The van der Waals surface area contributed by atoms with Crippen molar-refractivity contribution in [1.29, 1.82) is 0 Å². The fraction of sp³-hybridized carbons (Fsp3) is 0.394. The molecule has 0 aliphatic rings. The Kier molecular flexibility index (Phi) is 13.4. The number of carboxylic acid groups (broad SMARTS) is 1. The van der Waals surface area contributed by atoms with E-state index in [-0.39, 0.29) is 5.78 Å². The van der Waals surface area contributed by atoms with Crippen LogP contribution in [0.3, 0.4) is 0 Å². The summed E-state index contributed by atoms with van der Waals surface area (Å²) in [5.41, 5.74) is 4.75. The zero-order valence-electron chi connectivity index (χ0n) is 23.6. The molecule has 0 saturated carbocycles. The van der Waals surface area contributed by atoms with Gasteiger partial charge in [0, 0.05) is 31.3 Å². The lowest BCUT2D eigenvalue weighted by molar-refractivity contribution is -0.174. The maximum atomic E-state index is 12.6. The number of rotatable bonds is 13. The van der Waals surface area contributed by atoms with Gasteiger partial charge in [-0.15, -0.1) is 0 Å². The van der Waals surface area contributed by atoms with Crippen LogP contribution in [-0.2, 0) is 40.9 Å². The molecule has 3 rings (SSSR count). The summed E-state index contributed by atoms with van der Waals surface area (Å²) in [7, 11) is 0. The van der Waals surface area contributed by atoms with Crippen LogP contribution in [0.5, 0.6) is 0 Å². The number of hydroxylamine groups is 2. The van der Waals surface area contributed by atoms with E-state index in [0.29, 0.717) is 24.4 Å². The molecule has 39 heavy (non-hydrogen) atoms. The summed E-state index contributed by atoms with van der Waals surface area (Å²) < 4.78 is 0. The maximum Gasteiger partial charge on any atom is 0.300 e. The SMILES string of the molecule is CC(=O)O.CCCCCCc1ccc(CC(=O)Cc2ccc(CN(O)C(C)(C)c3cccc(Cl)c3)cc2)cc1. The van der Waals surface area contributed by atoms with Gasteiger partial charge in [-0.2, -0.15) is 5.06 Å². The summed E-state index contributed by atoms with van der Waals surface area (Å²) in [4.78, 5) is 21.6. The van der Waals surface area contributed by atoms with Gasteiger partial charge in [-0.05, 0) is 66.6 Å². The van der Waals surface area contributed by atoms with Crippen molar-refractivity contribution in [1.82, 2.24) is 5.06 Å². The third kappa shape index (κ3) is 11.7. The Balaban J connectivity index is 0.00000124. The van der Waals surface area contributed by atoms with Gasteiger partial charge in [0.1, 0.15) is 5.78 Å². The van der Waals surface area contributed by atoms with E-state index < -0.39 is 11.5 Å². The highest BCUT2D eigenvalue weighted by molar-refractivity contribution is 6.30. The Labute approximate surface area is 238 Å². The second kappa shape index (κ2) is 16.2. The fourth-order valence-electron chi connectivity index (χ4n) is 4.25. The summed E-state index contributed by atoms with van der Waals surface area (Å²) in [5, 5.41) is 20.2. The number of carboxylic acids is 1. The molecule has 0 atom stereocenters. The van der Waals surface area contributed by atoms with E-state index in [1.165, 1.54) is 36.3 Å². The Morgan fingerprint density at radius 2 is 1.33 bits per heavy atom. The van der Waals surface area contributed by atoms with Crippen LogP contribution >= 0.6 is 11.6 Å². The summed E-state index contributed by atoms with van der Waals surface area (Å²) in [6.45, 7) is 7.61. The first-order valence-electron chi connectivity index (χ1n) is 13.6. The van der Waals surface area contributed by atoms with Gasteiger partial charge >= 0.3 is 0 Å². The molecular weight excluding hydrogens is 510 g/mol. The van der Waals surface area contributed by atoms with Crippen molar-refractivity contribution >= 4 is 23.4 Å². The van der Waals surface area contributed by atoms with E-state index in [9.17, 15) is 10.0 Å². The lowest BCUT2D eigenvalue weighted by atomic mass is 9.93. The fourth-order valence-corrected chi connectivity index (χ4v) is 4.44. The number of unbranched alkanes of at least 4 members (excludes halogenated alkanes) is 3. The van der Waals surface area contributed by atoms with Gasteiger partial charge in [-0.1, -0.05) is 98.5 Å². The molecule has 3 aromatic rings. The Morgan fingerprint density at radius 1 is 0.821 bits per heavy atom. The minimum absolute atomic E-state index is 0.208. The molecule has 0 unspecified atom stereocenters. The largest absolute Gasteiger partial charge is 0.481 e. The highest BCUT2D eigenvalue weighted by Gasteiger charge is 2.28. The number of hydrogen-bond acceptors (Lipinski definition) is 4. The van der Waals surface area contributed by atoms with Crippen LogP contribution < -0.4 is 0 Å². The molecule has 0 radical (unpaired) electrons. The second-order valence-corrected chi connectivity index (χ2v) is 10.9. The van der Waals surface area contributed by atoms with Crippen LogP contribution in [0.15, 0.2) is 72.8 Å². The standard InChI is InChI=1S/C31H38ClNO2.C2H4O2/c1-4-5-6-7-9-24-12-14-25(15-13-24)20-30(34)21-26-16-18-27(19-17-26)23-33(35)31(2,3)28-10-8-11-29(32)22-28;1-2(3)4/h8,10-19,22,35H,4-7,9,20-21,23H2,1-3H3;1H3,(H,3,4). The molecule has 0 spiro atoms. The molecule has 5 nitrogen and oxygen atoms in total. The van der Waals surface area contributed by atoms with Crippen LogP contribution in [0.25, 0.3) is 0 Å². The minimum Gasteiger partial charge on any atom is -0.481 e. The van der Waals surface area contributed by atoms with Gasteiger partial charge in [0.15, 0.2) is 0 Å². The van der Waals surface area contributed by atoms with Crippen LogP contribution in [-0.4, -0.2) is 27.1 Å². The van der Waals surface area contributed by atoms with E-state index in [4.69, 9.17) is 21.5 Å². The maximum absolute atomic E-state index is 12.6. The molecule has 0 fully saturated rings. The van der Waals surface area contributed by atoms with Gasteiger partial charge in [-0.25, -0.2) is 0 Å². The Hall–Kier alpha value is -2.99. The first-order valence-corrected chi connectivity index (χ1v) is 14.0. The van der Waals surface area contributed by atoms with Crippen molar-refractivity contribution < 1.29 is 19.9 Å². The predicted molar refractivity (Wildman–Crippen MR) is 158 cm³/mol. The van der Waals surface area contributed by atoms with Crippen molar-refractivity contribution in [3.8, 4) is 0 Å². The molecule has 6 heteroatoms. The molecule has 0 amide bonds. The summed E-state index contributed by atoms with van der Waals surface area (Å²) in [5.74, 6) is -0.626. The van der Waals surface area contributed by atoms with E-state index in [1.807, 2.05) is 62.4 Å². The highest BCUT2D eigenvalue weighted by Crippen LogP contribution is 2.29. The summed E-state index contributed by atoms with van der Waals surface area (Å²) >= 11 is 6.13. The molecule has 0 aliphatic heterocycles. The van der Waals surface area contributed by atoms with Crippen LogP contribution in [0.2, 0.25) is 5.02 Å². The van der Waals surface area contributed by atoms with E-state index >= 15 is 0 Å². The van der Waals surface area contributed by atoms with Crippen molar-refractivity contribution in [3.05, 3.63) is 106 Å². The number of hydrogen-bond donors (Lipinski definition) is 2. The number of aliphatic carboxylic acids is 1. The van der Waals surface area contributed by atoms with Crippen LogP contribution in [0.1, 0.15) is 81.2 Å². The number of nitrogens with zero attached hydrogens (tertiary/aromatic N) is 1. The normalized spacial score (nSPS) is 11.2. The predicted octanol–water partition coefficient (Wildman–Crippen LogP) is 8.03. The van der Waals surface area contributed by atoms with Crippen molar-refractivity contribution in [2.75, 3.05) is 0 Å². The van der Waals surface area contributed by atoms with Crippen molar-refractivity contribution in [2.24, 2.45) is 0 Å². The second-order valence-electron chi connectivity index (χ2n) is 10.5. The lowest BCUT2D eigenvalue weighted by Crippen LogP contribution is -2.38. The number of Topliss-reactive ketones (excluding diaryl/α,β-unsaturated/α-hetero) is 1. The molecule has 0 aliphatic carbocycles. The van der Waals surface area contributed by atoms with Gasteiger partial charge in [0.05, 0.1) is 5.54 Å². The molecular formula is C33H42ClNO4. The molecule has 2 N–H and O–H groups in total. The number of benzene rings is 3. The molecule has 0 bridgehead atoms. The monoisotopic (exact) mass is 551 g/mol. The molecule has 3 aromatic carbocycles. The van der Waals surface area contributed by atoms with Crippen LogP contribution in [0, 0.1) is 0 Å². The number of carbonyl (C=O) groups excluding carboxylic acids is 1. The third-order valence-electron chi connectivity index (χ3n) is 6.68. The van der Waals surface area contributed by atoms with E-state index in [2.05, 4.69) is 31.2 Å². The van der Waals surface area contributed by atoms with E-state index in [0.717, 1.165) is 35.6 Å². The number of carbonyl (C=O) groups is 2. The zero-order chi connectivity index (χ0) is 28.8. The molecule has 210 valence electrons. The van der Waals surface area contributed by atoms with Gasteiger partial charge < -0.3 is 10.3 Å². The average Bonchev–Trinajstić information content (AvgIpc) is 2.88. The van der Waals surface area contributed by atoms with Gasteiger partial charge in [-0.3, -0.25) is 9.59 Å². The number of ketones is 1. The van der Waals surface area contributed by atoms with Crippen molar-refractivity contribution in [2.45, 2.75) is 84.7 Å². The Morgan fingerprint density at radius 3 is 1.85 bits per heavy atom. The van der Waals surface area contributed by atoms with E-state index in [1.54, 1.807) is 0 Å². The third-order valence-corrected chi connectivity index (χ3v) is 6.91. The Bertz CT molecular complexity index is 1170. The number of halogens is 1. The molecule has 0 saturated heterocycles. The average molecular weight is 552 g/mol. The van der Waals surface area contributed by atoms with Crippen LogP contribution in [0.4, 0.5) is 0 Å². The smallest absolute Gasteiger partial charge is 0.300 e. The lowest BCUT2D eigenvalue weighted by Gasteiger charge is -2.34. The summed E-state index contributed by atoms with van der Waals surface area (Å²) in [6.07, 6.45) is 7.05. The molecule has 0 aromatic heterocycles. The summed E-state index contributed by atoms with van der Waals surface area (Å²) in [6, 6.07) is 24.0. The molecule has 0 heterocycles. The van der Waals surface area contributed by atoms with Crippen molar-refractivity contribution in [3.63, 3.8) is 0 Å².